The van der Waals surface area contributed by atoms with Crippen molar-refractivity contribution in [3.05, 3.63) is 60.7 Å². The molecule has 3 N–H and O–H groups in total. The van der Waals surface area contributed by atoms with Crippen molar-refractivity contribution in [2.75, 3.05) is 19.1 Å². The summed E-state index contributed by atoms with van der Waals surface area (Å²) in [6, 6.07) is 20.8. The maximum Gasteiger partial charge on any atom is 0.329 e. The van der Waals surface area contributed by atoms with Crippen LogP contribution in [0.1, 0.15) is 25.7 Å². The van der Waals surface area contributed by atoms with E-state index in [2.05, 4.69) is 41.1 Å². The minimum absolute atomic E-state index is 0.211. The van der Waals surface area contributed by atoms with Gasteiger partial charge < -0.3 is 15.6 Å². The third-order valence-electron chi connectivity index (χ3n) is 6.21. The standard InChI is InChI=1S/C26H31N3O3S/c27-18-33-26-24(21-7-3-1-4-8-21)25(22-9-5-2-6-10-22)28-29(26)15-19-11-13-20(14-12-19)16-32-17-23(30)31/h1-10,19-20H,11-18,27H2,(H,30,31). The number of carboxylic acids is 1. The van der Waals surface area contributed by atoms with Crippen LogP contribution < -0.4 is 5.73 Å². The molecule has 1 aliphatic carbocycles. The van der Waals surface area contributed by atoms with E-state index in [1.807, 2.05) is 24.3 Å². The van der Waals surface area contributed by atoms with Gasteiger partial charge in [-0.05, 0) is 43.1 Å². The van der Waals surface area contributed by atoms with Crippen LogP contribution in [-0.4, -0.2) is 39.9 Å². The molecule has 0 unspecified atom stereocenters. The summed E-state index contributed by atoms with van der Waals surface area (Å²) in [4.78, 5) is 10.7. The number of nitrogens with two attached hydrogens (primary N) is 1. The lowest BCUT2D eigenvalue weighted by Gasteiger charge is -2.28. The SMILES string of the molecule is NCSc1c(-c2ccccc2)c(-c2ccccc2)nn1CC1CCC(COCC(=O)O)CC1. The predicted molar refractivity (Wildman–Crippen MR) is 132 cm³/mol. The number of aliphatic carboxylic acids is 1. The summed E-state index contributed by atoms with van der Waals surface area (Å²) in [5, 5.41) is 15.0. The molecule has 4 rings (SSSR count). The molecule has 1 heterocycles. The predicted octanol–water partition coefficient (Wildman–Crippen LogP) is 5.13. The minimum atomic E-state index is -0.907. The molecule has 0 atom stereocenters. The third kappa shape index (κ3) is 6.05. The fourth-order valence-electron chi connectivity index (χ4n) is 4.60. The lowest BCUT2D eigenvalue weighted by molar-refractivity contribution is -0.142. The number of thioether (sulfide) groups is 1. The van der Waals surface area contributed by atoms with Gasteiger partial charge in [0, 0.05) is 23.5 Å². The molecule has 0 spiro atoms. The Morgan fingerprint density at radius 1 is 1.00 bits per heavy atom. The highest BCUT2D eigenvalue weighted by atomic mass is 32.2. The largest absolute Gasteiger partial charge is 0.480 e. The van der Waals surface area contributed by atoms with Gasteiger partial charge in [0.15, 0.2) is 0 Å². The van der Waals surface area contributed by atoms with Crippen LogP contribution in [0.2, 0.25) is 0 Å². The summed E-state index contributed by atoms with van der Waals surface area (Å²) in [5.74, 6) is 0.560. The number of carbonyl (C=O) groups is 1. The number of nitrogens with zero attached hydrogens (tertiary/aromatic N) is 2. The number of hydrogen-bond donors (Lipinski definition) is 2. The minimum Gasteiger partial charge on any atom is -0.480 e. The monoisotopic (exact) mass is 465 g/mol. The van der Waals surface area contributed by atoms with E-state index >= 15 is 0 Å². The molecule has 1 aliphatic rings. The molecule has 0 radical (unpaired) electrons. The normalized spacial score (nSPS) is 18.3. The number of benzene rings is 2. The molecule has 1 fully saturated rings. The summed E-state index contributed by atoms with van der Waals surface area (Å²) in [6.07, 6.45) is 4.30. The van der Waals surface area contributed by atoms with E-state index in [1.54, 1.807) is 11.8 Å². The van der Waals surface area contributed by atoms with E-state index in [9.17, 15) is 4.79 Å². The molecule has 0 amide bonds. The van der Waals surface area contributed by atoms with Gasteiger partial charge in [-0.2, -0.15) is 5.10 Å². The van der Waals surface area contributed by atoms with Crippen LogP contribution in [0.15, 0.2) is 65.7 Å². The summed E-state index contributed by atoms with van der Waals surface area (Å²) in [7, 11) is 0. The molecule has 7 heteroatoms. The number of ether oxygens (including phenoxy) is 1. The Morgan fingerprint density at radius 3 is 2.21 bits per heavy atom. The fourth-order valence-corrected chi connectivity index (χ4v) is 5.38. The number of hydrogen-bond acceptors (Lipinski definition) is 5. The van der Waals surface area contributed by atoms with Gasteiger partial charge in [-0.25, -0.2) is 4.79 Å². The second-order valence-corrected chi connectivity index (χ2v) is 9.56. The highest BCUT2D eigenvalue weighted by Crippen LogP contribution is 2.40. The molecule has 33 heavy (non-hydrogen) atoms. The Bertz CT molecular complexity index is 1030. The van der Waals surface area contributed by atoms with Crippen LogP contribution in [0, 0.1) is 11.8 Å². The molecule has 174 valence electrons. The number of carboxylic acid groups (broad SMARTS) is 1. The van der Waals surface area contributed by atoms with Gasteiger partial charge in [0.2, 0.25) is 0 Å². The van der Waals surface area contributed by atoms with Crippen molar-refractivity contribution in [2.24, 2.45) is 17.6 Å². The first kappa shape index (κ1) is 23.5. The van der Waals surface area contributed by atoms with Gasteiger partial charge in [-0.15, -0.1) is 0 Å². The van der Waals surface area contributed by atoms with Gasteiger partial charge in [0.05, 0.1) is 6.61 Å². The molecular formula is C26H31N3O3S. The van der Waals surface area contributed by atoms with Crippen LogP contribution in [0.5, 0.6) is 0 Å². The van der Waals surface area contributed by atoms with Crippen molar-refractivity contribution < 1.29 is 14.6 Å². The second kappa shape index (κ2) is 11.5. The van der Waals surface area contributed by atoms with Crippen molar-refractivity contribution in [3.63, 3.8) is 0 Å². The van der Waals surface area contributed by atoms with Gasteiger partial charge in [0.1, 0.15) is 17.3 Å². The molecular weight excluding hydrogens is 434 g/mol. The first-order valence-electron chi connectivity index (χ1n) is 11.5. The van der Waals surface area contributed by atoms with Crippen molar-refractivity contribution in [1.29, 1.82) is 0 Å². The first-order valence-corrected chi connectivity index (χ1v) is 12.5. The quantitative estimate of drug-likeness (QED) is 0.319. The van der Waals surface area contributed by atoms with Crippen molar-refractivity contribution >= 4 is 17.7 Å². The Morgan fingerprint density at radius 2 is 1.61 bits per heavy atom. The summed E-state index contributed by atoms with van der Waals surface area (Å²) in [5.41, 5.74) is 10.4. The van der Waals surface area contributed by atoms with Crippen LogP contribution in [0.25, 0.3) is 22.4 Å². The zero-order valence-corrected chi connectivity index (χ0v) is 19.5. The topological polar surface area (TPSA) is 90.4 Å². The summed E-state index contributed by atoms with van der Waals surface area (Å²) in [6.45, 7) is 1.18. The fraction of sp³-hybridized carbons (Fsp3) is 0.385. The summed E-state index contributed by atoms with van der Waals surface area (Å²) < 4.78 is 7.48. The average Bonchev–Trinajstić information content (AvgIpc) is 3.19. The Labute approximate surface area is 199 Å². The molecule has 2 aromatic carbocycles. The van der Waals surface area contributed by atoms with E-state index in [0.717, 1.165) is 59.6 Å². The molecule has 1 saturated carbocycles. The van der Waals surface area contributed by atoms with E-state index in [-0.39, 0.29) is 6.61 Å². The average molecular weight is 466 g/mol. The smallest absolute Gasteiger partial charge is 0.329 e. The van der Waals surface area contributed by atoms with E-state index in [4.69, 9.17) is 20.7 Å². The van der Waals surface area contributed by atoms with E-state index in [1.165, 1.54) is 0 Å². The van der Waals surface area contributed by atoms with Crippen molar-refractivity contribution in [2.45, 2.75) is 37.3 Å². The van der Waals surface area contributed by atoms with E-state index in [0.29, 0.717) is 24.3 Å². The van der Waals surface area contributed by atoms with Crippen LogP contribution >= 0.6 is 11.8 Å². The zero-order chi connectivity index (χ0) is 23.0. The Balaban J connectivity index is 1.56. The highest BCUT2D eigenvalue weighted by Gasteiger charge is 2.26. The van der Waals surface area contributed by atoms with Gasteiger partial charge in [0.25, 0.3) is 0 Å². The molecule has 6 nitrogen and oxygen atoms in total. The van der Waals surface area contributed by atoms with Crippen LogP contribution in [-0.2, 0) is 16.1 Å². The summed E-state index contributed by atoms with van der Waals surface area (Å²) >= 11 is 1.64. The molecule has 0 saturated heterocycles. The first-order chi connectivity index (χ1) is 16.2. The molecule has 1 aromatic heterocycles. The molecule has 0 bridgehead atoms. The van der Waals surface area contributed by atoms with Gasteiger partial charge in [-0.1, -0.05) is 72.4 Å². The Hall–Kier alpha value is -2.61. The maximum atomic E-state index is 10.7. The zero-order valence-electron chi connectivity index (χ0n) is 18.7. The maximum absolute atomic E-state index is 10.7. The van der Waals surface area contributed by atoms with Crippen LogP contribution in [0.4, 0.5) is 0 Å². The number of rotatable bonds is 10. The van der Waals surface area contributed by atoms with E-state index < -0.39 is 5.97 Å². The molecule has 0 aliphatic heterocycles. The van der Waals surface area contributed by atoms with Crippen molar-refractivity contribution in [3.8, 4) is 22.4 Å². The second-order valence-electron chi connectivity index (χ2n) is 8.55. The number of aromatic nitrogens is 2. The van der Waals surface area contributed by atoms with Gasteiger partial charge >= 0.3 is 5.97 Å². The lowest BCUT2D eigenvalue weighted by Crippen LogP contribution is -2.23. The van der Waals surface area contributed by atoms with Crippen LogP contribution in [0.3, 0.4) is 0 Å². The van der Waals surface area contributed by atoms with Crippen molar-refractivity contribution in [1.82, 2.24) is 9.78 Å². The third-order valence-corrected chi connectivity index (χ3v) is 7.07. The highest BCUT2D eigenvalue weighted by molar-refractivity contribution is 7.99. The van der Waals surface area contributed by atoms with Gasteiger partial charge in [-0.3, -0.25) is 4.68 Å². The Kier molecular flexibility index (Phi) is 8.20. The molecule has 3 aromatic rings. The lowest BCUT2D eigenvalue weighted by atomic mass is 9.82.